The lowest BCUT2D eigenvalue weighted by Gasteiger charge is -2.57. The quantitative estimate of drug-likeness (QED) is 0.388. The van der Waals surface area contributed by atoms with Gasteiger partial charge in [0.05, 0.1) is 0 Å². The van der Waals surface area contributed by atoms with Crippen LogP contribution in [0.15, 0.2) is 0 Å². The highest BCUT2D eigenvalue weighted by Crippen LogP contribution is 2.76. The van der Waals surface area contributed by atoms with Crippen molar-refractivity contribution >= 4 is 0 Å². The van der Waals surface area contributed by atoms with Crippen molar-refractivity contribution < 1.29 is 87.8 Å². The molecule has 180 valence electrons. The topological polar surface area (TPSA) is 0 Å². The Morgan fingerprint density at radius 1 is 0.300 bits per heavy atom. The fourth-order valence-electron chi connectivity index (χ4n) is 2.44. The zero-order valence-electron chi connectivity index (χ0n) is 12.6. The number of hydrogen-bond donors (Lipinski definition) is 0. The van der Waals surface area contributed by atoms with E-state index in [0.29, 0.717) is 0 Å². The average molecular weight is 500 g/mol. The third kappa shape index (κ3) is 2.22. The van der Waals surface area contributed by atoms with Crippen molar-refractivity contribution in [2.24, 2.45) is 0 Å². The predicted molar refractivity (Wildman–Crippen MR) is 49.5 cm³/mol. The van der Waals surface area contributed by atoms with Gasteiger partial charge >= 0.3 is 59.2 Å². The maximum atomic E-state index is 13.9. The van der Waals surface area contributed by atoms with Gasteiger partial charge in [0.15, 0.2) is 0 Å². The Balaban J connectivity index is 4.37. The van der Waals surface area contributed by atoms with E-state index in [0.717, 1.165) is 0 Å². The molecule has 0 spiro atoms. The summed E-state index contributed by atoms with van der Waals surface area (Å²) >= 11 is 0. The zero-order chi connectivity index (χ0) is 25.0. The second-order valence-electron chi connectivity index (χ2n) is 5.76. The van der Waals surface area contributed by atoms with E-state index < -0.39 is 59.2 Å². The van der Waals surface area contributed by atoms with Gasteiger partial charge in [-0.1, -0.05) is 0 Å². The van der Waals surface area contributed by atoms with Crippen LogP contribution in [0.4, 0.5) is 87.8 Å². The third-order valence-electron chi connectivity index (χ3n) is 4.10. The monoisotopic (exact) mass is 500 g/mol. The van der Waals surface area contributed by atoms with Crippen molar-refractivity contribution in [1.82, 2.24) is 0 Å². The van der Waals surface area contributed by atoms with Gasteiger partial charge in [-0.3, -0.25) is 0 Å². The lowest BCUT2D eigenvalue weighted by atomic mass is 9.62. The first kappa shape index (κ1) is 26.6. The minimum absolute atomic E-state index is 8.24. The van der Waals surface area contributed by atoms with Gasteiger partial charge in [-0.15, -0.1) is 0 Å². The van der Waals surface area contributed by atoms with Gasteiger partial charge in [0.1, 0.15) is 0 Å². The minimum atomic E-state index is -9.16. The molecule has 0 aromatic carbocycles. The molecule has 1 fully saturated rings. The molecule has 0 radical (unpaired) electrons. The highest BCUT2D eigenvalue weighted by Gasteiger charge is 3.10. The van der Waals surface area contributed by atoms with E-state index in [1.165, 1.54) is 0 Å². The molecule has 0 heterocycles. The number of hydrogen-bond acceptors (Lipinski definition) is 0. The summed E-state index contributed by atoms with van der Waals surface area (Å²) in [7, 11) is 0. The molecule has 1 aliphatic carbocycles. The van der Waals surface area contributed by atoms with Crippen LogP contribution in [0.2, 0.25) is 0 Å². The minimum Gasteiger partial charge on any atom is -0.223 e. The van der Waals surface area contributed by atoms with Gasteiger partial charge in [0.2, 0.25) is 0 Å². The average Bonchev–Trinajstić information content (AvgIpc) is 2.48. The first-order valence-corrected chi connectivity index (χ1v) is 6.28. The van der Waals surface area contributed by atoms with Gasteiger partial charge in [0.25, 0.3) is 0 Å². The fraction of sp³-hybridized carbons (Fsp3) is 1.00. The SMILES string of the molecule is FC(F)(F)C(F)(F)[C@]1(F)C(F)(F)C(F)(F)C(F)(F)[C@@](F)(C(F)(F)C(F)(F)F)C1(F)F. The van der Waals surface area contributed by atoms with Crippen molar-refractivity contribution in [1.29, 1.82) is 0 Å². The van der Waals surface area contributed by atoms with Crippen LogP contribution >= 0.6 is 0 Å². The van der Waals surface area contributed by atoms with E-state index in [1.807, 2.05) is 0 Å². The molecule has 30 heavy (non-hydrogen) atoms. The van der Waals surface area contributed by atoms with E-state index in [1.54, 1.807) is 0 Å². The normalized spacial score (nSPS) is 34.0. The lowest BCUT2D eigenvalue weighted by Crippen LogP contribution is -2.92. The molecular weight excluding hydrogens is 500 g/mol. The van der Waals surface area contributed by atoms with Crippen LogP contribution < -0.4 is 0 Å². The van der Waals surface area contributed by atoms with E-state index in [2.05, 4.69) is 0 Å². The van der Waals surface area contributed by atoms with Gasteiger partial charge in [0, 0.05) is 0 Å². The second kappa shape index (κ2) is 5.69. The second-order valence-corrected chi connectivity index (χ2v) is 5.76. The third-order valence-corrected chi connectivity index (χ3v) is 4.10. The van der Waals surface area contributed by atoms with E-state index in [4.69, 9.17) is 0 Å². The highest BCUT2D eigenvalue weighted by molar-refractivity contribution is 5.36. The summed E-state index contributed by atoms with van der Waals surface area (Å²) in [4.78, 5) is 0. The van der Waals surface area contributed by atoms with Crippen LogP contribution in [0.25, 0.3) is 0 Å². The molecule has 0 aromatic heterocycles. The Kier molecular flexibility index (Phi) is 5.05. The smallest absolute Gasteiger partial charge is 0.223 e. The van der Waals surface area contributed by atoms with Crippen LogP contribution in [0.3, 0.4) is 0 Å². The van der Waals surface area contributed by atoms with Gasteiger partial charge in [-0.25, -0.2) is 8.78 Å². The summed E-state index contributed by atoms with van der Waals surface area (Å²) in [6.07, 6.45) is -16.5. The Morgan fingerprint density at radius 2 is 0.500 bits per heavy atom. The molecular formula is C10F20. The van der Waals surface area contributed by atoms with Gasteiger partial charge < -0.3 is 0 Å². The molecule has 0 amide bonds. The van der Waals surface area contributed by atoms with Crippen molar-refractivity contribution in [2.75, 3.05) is 0 Å². The summed E-state index contributed by atoms with van der Waals surface area (Å²) in [5.41, 5.74) is -18.2. The summed E-state index contributed by atoms with van der Waals surface area (Å²) in [6, 6.07) is 0. The Morgan fingerprint density at radius 3 is 0.667 bits per heavy atom. The zero-order valence-corrected chi connectivity index (χ0v) is 12.6. The predicted octanol–water partition coefficient (Wildman–Crippen LogP) is 6.35. The molecule has 0 bridgehead atoms. The van der Waals surface area contributed by atoms with Crippen molar-refractivity contribution in [3.05, 3.63) is 0 Å². The molecule has 1 saturated carbocycles. The van der Waals surface area contributed by atoms with E-state index >= 15 is 0 Å². The first-order chi connectivity index (χ1) is 12.5. The van der Waals surface area contributed by atoms with Crippen LogP contribution in [0, 0.1) is 0 Å². The maximum absolute atomic E-state index is 13.9. The van der Waals surface area contributed by atoms with E-state index in [9.17, 15) is 87.8 Å². The molecule has 0 unspecified atom stereocenters. The summed E-state index contributed by atoms with van der Waals surface area (Å²) < 4.78 is 260. The standard InChI is InChI=1S/C10F20/c11-1(6(19,20)9(25,26)27)3(13,14)2(12,7(21,22)10(28,29)30)5(17,18)8(23,24)4(1,15)16/t1-,2-/m1/s1. The van der Waals surface area contributed by atoms with E-state index in [-0.39, 0.29) is 0 Å². The fourth-order valence-corrected chi connectivity index (χ4v) is 2.44. The molecule has 0 aromatic rings. The number of rotatable bonds is 2. The lowest BCUT2D eigenvalue weighted by molar-refractivity contribution is -0.532. The van der Waals surface area contributed by atoms with Crippen LogP contribution in [0.5, 0.6) is 0 Å². The molecule has 1 aliphatic rings. The first-order valence-electron chi connectivity index (χ1n) is 6.28. The molecule has 0 saturated heterocycles. The van der Waals surface area contributed by atoms with Gasteiger partial charge in [-0.05, 0) is 0 Å². The summed E-state index contributed by atoms with van der Waals surface area (Å²) in [5.74, 6) is -53.0. The Hall–Kier alpha value is -1.40. The number of alkyl halides is 20. The van der Waals surface area contributed by atoms with Crippen LogP contribution in [0.1, 0.15) is 0 Å². The molecule has 2 atom stereocenters. The molecule has 20 heteroatoms. The largest absolute Gasteiger partial charge is 0.457 e. The van der Waals surface area contributed by atoms with Crippen molar-refractivity contribution in [3.8, 4) is 0 Å². The Labute approximate surface area is 148 Å². The maximum Gasteiger partial charge on any atom is 0.457 e. The summed E-state index contributed by atoms with van der Waals surface area (Å²) in [6.45, 7) is 0. The summed E-state index contributed by atoms with van der Waals surface area (Å²) in [5, 5.41) is 0. The molecule has 0 N–H and O–H groups in total. The molecule has 1 rings (SSSR count). The number of halogens is 20. The van der Waals surface area contributed by atoms with Crippen molar-refractivity contribution in [2.45, 2.75) is 59.2 Å². The molecule has 0 aliphatic heterocycles. The van der Waals surface area contributed by atoms with Crippen LogP contribution in [-0.2, 0) is 0 Å². The van der Waals surface area contributed by atoms with Crippen molar-refractivity contribution in [3.63, 3.8) is 0 Å². The van der Waals surface area contributed by atoms with Gasteiger partial charge in [-0.2, -0.15) is 79.0 Å². The Bertz CT molecular complexity index is 637. The molecule has 0 nitrogen and oxygen atoms in total. The highest BCUT2D eigenvalue weighted by atomic mass is 19.4. The van der Waals surface area contributed by atoms with Crippen LogP contribution in [-0.4, -0.2) is 59.2 Å².